The normalized spacial score (nSPS) is 12.5. The second-order valence-electron chi connectivity index (χ2n) is 5.07. The zero-order valence-corrected chi connectivity index (χ0v) is 12.0. The van der Waals surface area contributed by atoms with E-state index < -0.39 is 12.1 Å². The molecule has 1 unspecified atom stereocenters. The molecule has 1 aromatic rings. The number of methoxy groups -OCH3 is 1. The molecule has 0 fully saturated rings. The summed E-state index contributed by atoms with van der Waals surface area (Å²) in [5.41, 5.74) is 1.93. The monoisotopic (exact) mass is 266 g/mol. The summed E-state index contributed by atoms with van der Waals surface area (Å²) in [6.45, 7) is 6.39. The average Bonchev–Trinajstić information content (AvgIpc) is 2.34. The second kappa shape index (κ2) is 7.14. The van der Waals surface area contributed by atoms with Crippen LogP contribution in [0.15, 0.2) is 18.2 Å². The average molecular weight is 266 g/mol. The van der Waals surface area contributed by atoms with E-state index in [9.17, 15) is 9.90 Å². The SMILES string of the molecule is COc1ccc(C)cc1CC(OCC(C)C)C(=O)O. The van der Waals surface area contributed by atoms with Crippen LogP contribution in [0.5, 0.6) is 5.75 Å². The van der Waals surface area contributed by atoms with Crippen molar-refractivity contribution < 1.29 is 19.4 Å². The number of hydrogen-bond donors (Lipinski definition) is 1. The zero-order chi connectivity index (χ0) is 14.4. The molecular weight excluding hydrogens is 244 g/mol. The van der Waals surface area contributed by atoms with Crippen LogP contribution in [0.1, 0.15) is 25.0 Å². The Labute approximate surface area is 114 Å². The summed E-state index contributed by atoms with van der Waals surface area (Å²) in [6, 6.07) is 5.73. The number of carbonyl (C=O) groups is 1. The van der Waals surface area contributed by atoms with Crippen molar-refractivity contribution >= 4 is 5.97 Å². The lowest BCUT2D eigenvalue weighted by atomic mass is 10.0. The highest BCUT2D eigenvalue weighted by Crippen LogP contribution is 2.22. The third-order valence-electron chi connectivity index (χ3n) is 2.75. The van der Waals surface area contributed by atoms with Gasteiger partial charge in [0.25, 0.3) is 0 Å². The van der Waals surface area contributed by atoms with Crippen molar-refractivity contribution in [3.8, 4) is 5.75 Å². The van der Waals surface area contributed by atoms with E-state index in [2.05, 4.69) is 0 Å². The van der Waals surface area contributed by atoms with Gasteiger partial charge in [0.1, 0.15) is 5.75 Å². The van der Waals surface area contributed by atoms with Gasteiger partial charge in [-0.2, -0.15) is 0 Å². The van der Waals surface area contributed by atoms with Gasteiger partial charge in [-0.3, -0.25) is 0 Å². The number of benzene rings is 1. The largest absolute Gasteiger partial charge is 0.496 e. The van der Waals surface area contributed by atoms with E-state index in [0.717, 1.165) is 11.1 Å². The topological polar surface area (TPSA) is 55.8 Å². The summed E-state index contributed by atoms with van der Waals surface area (Å²) in [5.74, 6) is 0.0652. The molecule has 0 aliphatic rings. The number of hydrogen-bond acceptors (Lipinski definition) is 3. The summed E-state index contributed by atoms with van der Waals surface area (Å²) in [6.07, 6.45) is -0.523. The van der Waals surface area contributed by atoms with Crippen molar-refractivity contribution in [2.75, 3.05) is 13.7 Å². The molecule has 0 spiro atoms. The second-order valence-corrected chi connectivity index (χ2v) is 5.07. The quantitative estimate of drug-likeness (QED) is 0.824. The number of carboxylic acid groups (broad SMARTS) is 1. The van der Waals surface area contributed by atoms with Gasteiger partial charge in [0.15, 0.2) is 6.10 Å². The highest BCUT2D eigenvalue weighted by atomic mass is 16.5. The van der Waals surface area contributed by atoms with Crippen LogP contribution in [0.2, 0.25) is 0 Å². The van der Waals surface area contributed by atoms with E-state index in [-0.39, 0.29) is 0 Å². The molecule has 0 saturated heterocycles. The van der Waals surface area contributed by atoms with Crippen LogP contribution in [0, 0.1) is 12.8 Å². The number of aliphatic carboxylic acids is 1. The van der Waals surface area contributed by atoms with E-state index in [1.165, 1.54) is 0 Å². The summed E-state index contributed by atoms with van der Waals surface area (Å²) in [4.78, 5) is 11.2. The number of ether oxygens (including phenoxy) is 2. The van der Waals surface area contributed by atoms with Gasteiger partial charge in [-0.05, 0) is 24.5 Å². The van der Waals surface area contributed by atoms with E-state index >= 15 is 0 Å². The molecule has 0 heterocycles. The van der Waals surface area contributed by atoms with Crippen LogP contribution in [0.4, 0.5) is 0 Å². The Morgan fingerprint density at radius 2 is 2.05 bits per heavy atom. The van der Waals surface area contributed by atoms with Gasteiger partial charge < -0.3 is 14.6 Å². The van der Waals surface area contributed by atoms with E-state index in [1.54, 1.807) is 7.11 Å². The number of aryl methyl sites for hydroxylation is 1. The number of carboxylic acids is 1. The smallest absolute Gasteiger partial charge is 0.333 e. The molecule has 4 nitrogen and oxygen atoms in total. The lowest BCUT2D eigenvalue weighted by Gasteiger charge is -2.17. The maximum Gasteiger partial charge on any atom is 0.333 e. The van der Waals surface area contributed by atoms with Gasteiger partial charge in [-0.25, -0.2) is 4.79 Å². The maximum atomic E-state index is 11.2. The van der Waals surface area contributed by atoms with Crippen LogP contribution in [-0.4, -0.2) is 30.9 Å². The summed E-state index contributed by atoms with van der Waals surface area (Å²) in [7, 11) is 1.58. The third-order valence-corrected chi connectivity index (χ3v) is 2.75. The first-order valence-corrected chi connectivity index (χ1v) is 6.42. The highest BCUT2D eigenvalue weighted by molar-refractivity contribution is 5.73. The first kappa shape index (κ1) is 15.5. The fourth-order valence-electron chi connectivity index (χ4n) is 1.79. The first-order valence-electron chi connectivity index (χ1n) is 6.42. The maximum absolute atomic E-state index is 11.2. The molecular formula is C15H22O4. The predicted molar refractivity (Wildman–Crippen MR) is 73.6 cm³/mol. The van der Waals surface area contributed by atoms with E-state index in [1.807, 2.05) is 39.0 Å². The molecule has 0 aromatic heterocycles. The van der Waals surface area contributed by atoms with Crippen molar-refractivity contribution in [1.29, 1.82) is 0 Å². The molecule has 4 heteroatoms. The van der Waals surface area contributed by atoms with Gasteiger partial charge in [0.05, 0.1) is 13.7 Å². The van der Waals surface area contributed by atoms with Crippen molar-refractivity contribution in [3.05, 3.63) is 29.3 Å². The van der Waals surface area contributed by atoms with Crippen LogP contribution >= 0.6 is 0 Å². The molecule has 0 aliphatic heterocycles. The molecule has 1 atom stereocenters. The molecule has 1 rings (SSSR count). The van der Waals surface area contributed by atoms with Crippen molar-refractivity contribution in [2.24, 2.45) is 5.92 Å². The van der Waals surface area contributed by atoms with Gasteiger partial charge in [0, 0.05) is 6.42 Å². The Balaban J connectivity index is 2.83. The molecule has 0 radical (unpaired) electrons. The molecule has 1 N–H and O–H groups in total. The van der Waals surface area contributed by atoms with E-state index in [0.29, 0.717) is 24.7 Å². The van der Waals surface area contributed by atoms with Crippen molar-refractivity contribution in [3.63, 3.8) is 0 Å². The molecule has 0 saturated carbocycles. The molecule has 19 heavy (non-hydrogen) atoms. The number of rotatable bonds is 7. The zero-order valence-electron chi connectivity index (χ0n) is 12.0. The Morgan fingerprint density at radius 3 is 2.58 bits per heavy atom. The van der Waals surface area contributed by atoms with Crippen LogP contribution in [-0.2, 0) is 16.0 Å². The van der Waals surface area contributed by atoms with Gasteiger partial charge in [-0.1, -0.05) is 31.5 Å². The predicted octanol–water partition coefficient (Wildman–Crippen LogP) is 2.67. The van der Waals surface area contributed by atoms with E-state index in [4.69, 9.17) is 9.47 Å². The Morgan fingerprint density at radius 1 is 1.37 bits per heavy atom. The van der Waals surface area contributed by atoms with Crippen molar-refractivity contribution in [1.82, 2.24) is 0 Å². The van der Waals surface area contributed by atoms with Gasteiger partial charge >= 0.3 is 5.97 Å². The molecule has 106 valence electrons. The molecule has 0 aliphatic carbocycles. The standard InChI is InChI=1S/C15H22O4/c1-10(2)9-19-14(15(16)17)8-12-7-11(3)5-6-13(12)18-4/h5-7,10,14H,8-9H2,1-4H3,(H,16,17). The van der Waals surface area contributed by atoms with Gasteiger partial charge in [-0.15, -0.1) is 0 Å². The van der Waals surface area contributed by atoms with Crippen LogP contribution in [0.3, 0.4) is 0 Å². The fourth-order valence-corrected chi connectivity index (χ4v) is 1.79. The minimum absolute atomic E-state index is 0.307. The van der Waals surface area contributed by atoms with Crippen molar-refractivity contribution in [2.45, 2.75) is 33.3 Å². The first-order chi connectivity index (χ1) is 8.93. The minimum atomic E-state index is -0.941. The van der Waals surface area contributed by atoms with Gasteiger partial charge in [0.2, 0.25) is 0 Å². The highest BCUT2D eigenvalue weighted by Gasteiger charge is 2.21. The Bertz CT molecular complexity index is 426. The Hall–Kier alpha value is -1.55. The van der Waals surface area contributed by atoms with Crippen LogP contribution < -0.4 is 4.74 Å². The molecule has 0 amide bonds. The lowest BCUT2D eigenvalue weighted by Crippen LogP contribution is -2.28. The van der Waals surface area contributed by atoms with Crippen LogP contribution in [0.25, 0.3) is 0 Å². The molecule has 1 aromatic carbocycles. The summed E-state index contributed by atoms with van der Waals surface area (Å²) < 4.78 is 10.7. The third kappa shape index (κ3) is 4.91. The Kier molecular flexibility index (Phi) is 5.83. The summed E-state index contributed by atoms with van der Waals surface area (Å²) in [5, 5.41) is 9.21. The lowest BCUT2D eigenvalue weighted by molar-refractivity contribution is -0.150. The molecule has 0 bridgehead atoms. The summed E-state index contributed by atoms with van der Waals surface area (Å²) >= 11 is 0. The fraction of sp³-hybridized carbons (Fsp3) is 0.533. The minimum Gasteiger partial charge on any atom is -0.496 e.